The number of nitrogens with zero attached hydrogens (tertiary/aromatic N) is 1. The first-order valence-corrected chi connectivity index (χ1v) is 7.96. The van der Waals surface area contributed by atoms with Gasteiger partial charge in [-0.1, -0.05) is 23.7 Å². The topological polar surface area (TPSA) is 63.2 Å². The van der Waals surface area contributed by atoms with Gasteiger partial charge in [0.2, 0.25) is 0 Å². The van der Waals surface area contributed by atoms with Crippen LogP contribution in [0.5, 0.6) is 0 Å². The molecule has 1 fully saturated rings. The molecule has 1 saturated heterocycles. The smallest absolute Gasteiger partial charge is 0.253 e. The molecule has 3 rings (SSSR count). The summed E-state index contributed by atoms with van der Waals surface area (Å²) < 4.78 is 5.50. The average Bonchev–Trinajstić information content (AvgIpc) is 3.08. The van der Waals surface area contributed by atoms with Gasteiger partial charge in [-0.3, -0.25) is 9.78 Å². The lowest BCUT2D eigenvalue weighted by molar-refractivity contribution is 0.0857. The number of para-hydroxylation sites is 1. The van der Waals surface area contributed by atoms with Crippen molar-refractivity contribution in [2.75, 3.05) is 18.5 Å². The van der Waals surface area contributed by atoms with Crippen molar-refractivity contribution in [3.05, 3.63) is 53.3 Å². The third kappa shape index (κ3) is 4.21. The molecule has 1 atom stereocenters. The molecule has 1 unspecified atom stereocenters. The number of halogens is 1. The number of anilines is 2. The molecule has 0 aliphatic carbocycles. The van der Waals surface area contributed by atoms with Gasteiger partial charge in [0.1, 0.15) is 0 Å². The predicted molar refractivity (Wildman–Crippen MR) is 90.3 cm³/mol. The highest BCUT2D eigenvalue weighted by Gasteiger charge is 2.17. The summed E-state index contributed by atoms with van der Waals surface area (Å²) in [7, 11) is 0. The summed E-state index contributed by atoms with van der Waals surface area (Å²) in [6.07, 6.45) is 5.37. The van der Waals surface area contributed by atoms with Crippen LogP contribution in [0, 0.1) is 0 Å². The van der Waals surface area contributed by atoms with Gasteiger partial charge in [0.25, 0.3) is 5.91 Å². The lowest BCUT2D eigenvalue weighted by atomic mass is 10.2. The second kappa shape index (κ2) is 7.44. The molecule has 0 radical (unpaired) electrons. The average molecular weight is 332 g/mol. The molecule has 2 N–H and O–H groups in total. The number of nitrogens with one attached hydrogen (secondary N) is 2. The molecule has 0 spiro atoms. The maximum atomic E-state index is 12.2. The number of benzene rings is 1. The maximum absolute atomic E-state index is 12.2. The van der Waals surface area contributed by atoms with Gasteiger partial charge in [0, 0.05) is 19.3 Å². The number of pyridine rings is 1. The van der Waals surface area contributed by atoms with Gasteiger partial charge in [0.05, 0.1) is 34.3 Å². The normalized spacial score (nSPS) is 17.0. The van der Waals surface area contributed by atoms with E-state index in [0.29, 0.717) is 22.8 Å². The Kier molecular flexibility index (Phi) is 5.10. The van der Waals surface area contributed by atoms with Gasteiger partial charge in [-0.25, -0.2) is 0 Å². The SMILES string of the molecule is O=C(NCC1CCCO1)c1cncc(Nc2ccccc2Cl)c1. The van der Waals surface area contributed by atoms with Gasteiger partial charge in [-0.15, -0.1) is 0 Å². The summed E-state index contributed by atoms with van der Waals surface area (Å²) in [6, 6.07) is 9.17. The van der Waals surface area contributed by atoms with E-state index in [-0.39, 0.29) is 12.0 Å². The molecule has 2 aromatic rings. The number of hydrogen-bond acceptors (Lipinski definition) is 4. The zero-order valence-corrected chi connectivity index (χ0v) is 13.3. The monoisotopic (exact) mass is 331 g/mol. The standard InChI is InChI=1S/C17H18ClN3O2/c18-15-5-1-2-6-16(15)21-13-8-12(9-19-10-13)17(22)20-11-14-4-3-7-23-14/h1-2,5-6,8-10,14,21H,3-4,7,11H2,(H,20,22). The Hall–Kier alpha value is -2.11. The van der Waals surface area contributed by atoms with Gasteiger partial charge in [-0.2, -0.15) is 0 Å². The third-order valence-corrected chi connectivity index (χ3v) is 4.00. The molecule has 0 saturated carbocycles. The molecule has 1 aromatic carbocycles. The Bertz CT molecular complexity index is 687. The quantitative estimate of drug-likeness (QED) is 0.881. The summed E-state index contributed by atoms with van der Waals surface area (Å²) in [5.74, 6) is -0.157. The predicted octanol–water partition coefficient (Wildman–Crippen LogP) is 3.39. The molecule has 1 aliphatic rings. The minimum Gasteiger partial charge on any atom is -0.376 e. The Morgan fingerprint density at radius 1 is 1.35 bits per heavy atom. The number of amides is 1. The Morgan fingerprint density at radius 2 is 2.22 bits per heavy atom. The molecule has 120 valence electrons. The summed E-state index contributed by atoms with van der Waals surface area (Å²) >= 11 is 6.12. The van der Waals surface area contributed by atoms with Crippen molar-refractivity contribution in [2.24, 2.45) is 0 Å². The molecular formula is C17H18ClN3O2. The Balaban J connectivity index is 1.64. The molecule has 1 aliphatic heterocycles. The van der Waals surface area contributed by atoms with Crippen LogP contribution in [0.3, 0.4) is 0 Å². The number of carbonyl (C=O) groups excluding carboxylic acids is 1. The fourth-order valence-electron chi connectivity index (χ4n) is 2.46. The van der Waals surface area contributed by atoms with Crippen LogP contribution in [0.15, 0.2) is 42.7 Å². The molecule has 2 heterocycles. The van der Waals surface area contributed by atoms with Crippen molar-refractivity contribution >= 4 is 28.9 Å². The second-order valence-corrected chi connectivity index (χ2v) is 5.82. The molecule has 6 heteroatoms. The first-order chi connectivity index (χ1) is 11.2. The van der Waals surface area contributed by atoms with Crippen LogP contribution >= 0.6 is 11.6 Å². The van der Waals surface area contributed by atoms with Gasteiger partial charge >= 0.3 is 0 Å². The first-order valence-electron chi connectivity index (χ1n) is 7.59. The molecule has 1 amide bonds. The van der Waals surface area contributed by atoms with Crippen LogP contribution in [-0.2, 0) is 4.74 Å². The van der Waals surface area contributed by atoms with Crippen molar-refractivity contribution in [3.8, 4) is 0 Å². The minimum absolute atomic E-state index is 0.122. The van der Waals surface area contributed by atoms with E-state index in [1.807, 2.05) is 18.2 Å². The number of ether oxygens (including phenoxy) is 1. The third-order valence-electron chi connectivity index (χ3n) is 3.67. The lowest BCUT2D eigenvalue weighted by Crippen LogP contribution is -2.31. The van der Waals surface area contributed by atoms with Crippen LogP contribution < -0.4 is 10.6 Å². The van der Waals surface area contributed by atoms with E-state index in [0.717, 1.165) is 25.1 Å². The highest BCUT2D eigenvalue weighted by molar-refractivity contribution is 6.33. The molecular weight excluding hydrogens is 314 g/mol. The Morgan fingerprint density at radius 3 is 3.00 bits per heavy atom. The van der Waals surface area contributed by atoms with E-state index >= 15 is 0 Å². The number of hydrogen-bond donors (Lipinski definition) is 2. The molecule has 23 heavy (non-hydrogen) atoms. The zero-order chi connectivity index (χ0) is 16.1. The van der Waals surface area contributed by atoms with E-state index in [2.05, 4.69) is 15.6 Å². The van der Waals surface area contributed by atoms with E-state index in [4.69, 9.17) is 16.3 Å². The van der Waals surface area contributed by atoms with Crippen molar-refractivity contribution in [1.29, 1.82) is 0 Å². The van der Waals surface area contributed by atoms with Crippen molar-refractivity contribution < 1.29 is 9.53 Å². The van der Waals surface area contributed by atoms with Crippen LogP contribution in [0.1, 0.15) is 23.2 Å². The van der Waals surface area contributed by atoms with E-state index in [9.17, 15) is 4.79 Å². The second-order valence-electron chi connectivity index (χ2n) is 5.41. The number of rotatable bonds is 5. The van der Waals surface area contributed by atoms with Gasteiger partial charge in [0.15, 0.2) is 0 Å². The minimum atomic E-state index is -0.157. The fraction of sp³-hybridized carbons (Fsp3) is 0.294. The van der Waals surface area contributed by atoms with Crippen LogP contribution in [-0.4, -0.2) is 30.1 Å². The maximum Gasteiger partial charge on any atom is 0.253 e. The van der Waals surface area contributed by atoms with E-state index in [1.165, 1.54) is 0 Å². The van der Waals surface area contributed by atoms with Crippen molar-refractivity contribution in [1.82, 2.24) is 10.3 Å². The fourth-order valence-corrected chi connectivity index (χ4v) is 2.65. The number of carbonyl (C=O) groups is 1. The number of aromatic nitrogens is 1. The summed E-state index contributed by atoms with van der Waals surface area (Å²) in [4.78, 5) is 16.3. The van der Waals surface area contributed by atoms with Gasteiger partial charge in [-0.05, 0) is 31.0 Å². The summed E-state index contributed by atoms with van der Waals surface area (Å²) in [5.41, 5.74) is 1.98. The van der Waals surface area contributed by atoms with Crippen LogP contribution in [0.2, 0.25) is 5.02 Å². The zero-order valence-electron chi connectivity index (χ0n) is 12.6. The molecule has 5 nitrogen and oxygen atoms in total. The van der Waals surface area contributed by atoms with Crippen molar-refractivity contribution in [2.45, 2.75) is 18.9 Å². The lowest BCUT2D eigenvalue weighted by Gasteiger charge is -2.12. The van der Waals surface area contributed by atoms with Gasteiger partial charge < -0.3 is 15.4 Å². The van der Waals surface area contributed by atoms with Crippen LogP contribution in [0.4, 0.5) is 11.4 Å². The first kappa shape index (κ1) is 15.8. The Labute approximate surface area is 140 Å². The van der Waals surface area contributed by atoms with E-state index in [1.54, 1.807) is 24.5 Å². The highest BCUT2D eigenvalue weighted by atomic mass is 35.5. The molecule has 1 aromatic heterocycles. The largest absolute Gasteiger partial charge is 0.376 e. The van der Waals surface area contributed by atoms with Crippen LogP contribution in [0.25, 0.3) is 0 Å². The summed E-state index contributed by atoms with van der Waals surface area (Å²) in [5, 5.41) is 6.66. The summed E-state index contributed by atoms with van der Waals surface area (Å²) in [6.45, 7) is 1.31. The van der Waals surface area contributed by atoms with Crippen molar-refractivity contribution in [3.63, 3.8) is 0 Å². The molecule has 0 bridgehead atoms. The highest BCUT2D eigenvalue weighted by Crippen LogP contribution is 2.24. The van der Waals surface area contributed by atoms with E-state index < -0.39 is 0 Å².